The fourth-order valence-electron chi connectivity index (χ4n) is 2.21. The van der Waals surface area contributed by atoms with E-state index in [4.69, 9.17) is 6.42 Å². The van der Waals surface area contributed by atoms with E-state index in [0.29, 0.717) is 4.91 Å². The van der Waals surface area contributed by atoms with Crippen LogP contribution in [0, 0.1) is 12.3 Å². The first kappa shape index (κ1) is 15.7. The number of aromatic nitrogens is 1. The molecule has 0 aliphatic carbocycles. The third-order valence-corrected chi connectivity index (χ3v) is 4.72. The normalized spacial score (nSPS) is 16.2. The molecule has 0 N–H and O–H groups in total. The lowest BCUT2D eigenvalue weighted by atomic mass is 10.3. The lowest BCUT2D eigenvalue weighted by Crippen LogP contribution is -2.28. The van der Waals surface area contributed by atoms with Gasteiger partial charge in [-0.15, -0.1) is 6.42 Å². The first-order valence-corrected chi connectivity index (χ1v) is 8.33. The van der Waals surface area contributed by atoms with Crippen molar-refractivity contribution in [1.82, 2.24) is 9.47 Å². The van der Waals surface area contributed by atoms with Gasteiger partial charge in [0.05, 0.1) is 11.4 Å². The minimum absolute atomic E-state index is 0.00424. The van der Waals surface area contributed by atoms with Crippen LogP contribution in [-0.2, 0) is 4.79 Å². The third-order valence-electron chi connectivity index (χ3n) is 3.29. The Morgan fingerprint density at radius 3 is 2.65 bits per heavy atom. The molecule has 1 saturated heterocycles. The van der Waals surface area contributed by atoms with E-state index in [1.165, 1.54) is 0 Å². The number of nitrogens with zero attached hydrogens (tertiary/aromatic N) is 2. The quantitative estimate of drug-likeness (QED) is 0.593. The topological polar surface area (TPSA) is 42.3 Å². The molecule has 0 spiro atoms. The Bertz CT molecular complexity index is 846. The molecule has 2 heterocycles. The molecule has 0 radical (unpaired) electrons. The molecule has 1 aliphatic rings. The summed E-state index contributed by atoms with van der Waals surface area (Å²) in [4.78, 5) is 25.5. The SMILES string of the molecule is C#CCN1C(=O)SC(=Cc2cccn2-c2ccc(Br)cc2)C1=O. The number of halogens is 1. The Hall–Kier alpha value is -2.23. The van der Waals surface area contributed by atoms with E-state index in [2.05, 4.69) is 21.9 Å². The largest absolute Gasteiger partial charge is 0.317 e. The highest BCUT2D eigenvalue weighted by atomic mass is 79.9. The van der Waals surface area contributed by atoms with Gasteiger partial charge < -0.3 is 4.57 Å². The lowest BCUT2D eigenvalue weighted by molar-refractivity contribution is -0.122. The van der Waals surface area contributed by atoms with E-state index in [9.17, 15) is 9.59 Å². The van der Waals surface area contributed by atoms with Crippen molar-refractivity contribution < 1.29 is 9.59 Å². The van der Waals surface area contributed by atoms with Gasteiger partial charge in [-0.3, -0.25) is 14.5 Å². The highest BCUT2D eigenvalue weighted by molar-refractivity contribution is 9.10. The number of carbonyl (C=O) groups is 2. The maximum absolute atomic E-state index is 12.2. The molecular weight excluding hydrogens is 376 g/mol. The van der Waals surface area contributed by atoms with E-state index in [1.54, 1.807) is 6.08 Å². The van der Waals surface area contributed by atoms with Crippen LogP contribution in [0.15, 0.2) is 52.0 Å². The molecule has 0 unspecified atom stereocenters. The average Bonchev–Trinajstić information content (AvgIpc) is 3.09. The molecule has 1 fully saturated rings. The molecule has 1 aliphatic heterocycles. The van der Waals surface area contributed by atoms with Crippen LogP contribution in [0.2, 0.25) is 0 Å². The summed E-state index contributed by atoms with van der Waals surface area (Å²) in [6.07, 6.45) is 8.81. The molecule has 2 amide bonds. The second-order valence-electron chi connectivity index (χ2n) is 4.75. The summed E-state index contributed by atoms with van der Waals surface area (Å²) >= 11 is 4.31. The predicted octanol–water partition coefficient (Wildman–Crippen LogP) is 3.91. The fourth-order valence-corrected chi connectivity index (χ4v) is 3.30. The van der Waals surface area contributed by atoms with Crippen LogP contribution in [0.5, 0.6) is 0 Å². The maximum atomic E-state index is 12.2. The molecule has 4 nitrogen and oxygen atoms in total. The molecule has 2 aromatic rings. The van der Waals surface area contributed by atoms with E-state index in [0.717, 1.165) is 32.5 Å². The van der Waals surface area contributed by atoms with Crippen molar-refractivity contribution in [3.63, 3.8) is 0 Å². The molecule has 114 valence electrons. The van der Waals surface area contributed by atoms with Gasteiger partial charge in [0.25, 0.3) is 11.1 Å². The first-order chi connectivity index (χ1) is 11.1. The number of benzene rings is 1. The molecular formula is C17H11BrN2O2S. The smallest absolute Gasteiger partial charge is 0.294 e. The van der Waals surface area contributed by atoms with Crippen LogP contribution in [0.3, 0.4) is 0 Å². The molecule has 23 heavy (non-hydrogen) atoms. The molecule has 1 aromatic carbocycles. The number of amides is 2. The standard InChI is InChI=1S/C17H11BrN2O2S/c1-2-9-20-16(21)15(23-17(20)22)11-14-4-3-10-19(14)13-7-5-12(18)6-8-13/h1,3-8,10-11H,9H2. The van der Waals surface area contributed by atoms with Gasteiger partial charge in [0, 0.05) is 22.1 Å². The number of terminal acetylenes is 1. The van der Waals surface area contributed by atoms with Crippen LogP contribution in [0.4, 0.5) is 4.79 Å². The van der Waals surface area contributed by atoms with Crippen molar-refractivity contribution in [3.05, 3.63) is 57.7 Å². The first-order valence-electron chi connectivity index (χ1n) is 6.72. The van der Waals surface area contributed by atoms with Gasteiger partial charge in [0.1, 0.15) is 0 Å². The van der Waals surface area contributed by atoms with Crippen LogP contribution < -0.4 is 0 Å². The molecule has 0 atom stereocenters. The van der Waals surface area contributed by atoms with E-state index < -0.39 is 0 Å². The summed E-state index contributed by atoms with van der Waals surface area (Å²) in [5, 5.41) is -0.332. The number of imide groups is 1. The van der Waals surface area contributed by atoms with Crippen LogP contribution >= 0.6 is 27.7 Å². The van der Waals surface area contributed by atoms with Gasteiger partial charge in [-0.25, -0.2) is 0 Å². The summed E-state index contributed by atoms with van der Waals surface area (Å²) in [7, 11) is 0. The van der Waals surface area contributed by atoms with E-state index >= 15 is 0 Å². The maximum Gasteiger partial charge on any atom is 0.294 e. The summed E-state index contributed by atoms with van der Waals surface area (Å²) < 4.78 is 2.94. The Labute approximate surface area is 146 Å². The number of rotatable bonds is 3. The highest BCUT2D eigenvalue weighted by Crippen LogP contribution is 2.32. The molecule has 0 saturated carbocycles. The van der Waals surface area contributed by atoms with Crippen LogP contribution in [0.25, 0.3) is 11.8 Å². The number of hydrogen-bond donors (Lipinski definition) is 0. The summed E-state index contributed by atoms with van der Waals surface area (Å²) in [6, 6.07) is 11.6. The Morgan fingerprint density at radius 2 is 1.96 bits per heavy atom. The second kappa shape index (κ2) is 6.49. The van der Waals surface area contributed by atoms with Crippen molar-refractivity contribution in [3.8, 4) is 18.0 Å². The molecule has 0 bridgehead atoms. The fraction of sp³-hybridized carbons (Fsp3) is 0.0588. The van der Waals surface area contributed by atoms with Gasteiger partial charge in [0.2, 0.25) is 0 Å². The lowest BCUT2D eigenvalue weighted by Gasteiger charge is -2.08. The summed E-state index contributed by atoms with van der Waals surface area (Å²) in [6.45, 7) is -0.00424. The monoisotopic (exact) mass is 386 g/mol. The van der Waals surface area contributed by atoms with E-state index in [1.807, 2.05) is 47.2 Å². The third kappa shape index (κ3) is 3.11. The second-order valence-corrected chi connectivity index (χ2v) is 6.66. The van der Waals surface area contributed by atoms with Gasteiger partial charge in [-0.1, -0.05) is 21.9 Å². The summed E-state index contributed by atoms with van der Waals surface area (Å²) in [5.41, 5.74) is 1.78. The van der Waals surface area contributed by atoms with Crippen molar-refractivity contribution in [2.75, 3.05) is 6.54 Å². The Morgan fingerprint density at radius 1 is 1.22 bits per heavy atom. The van der Waals surface area contributed by atoms with Crippen molar-refractivity contribution in [1.29, 1.82) is 0 Å². The molecule has 6 heteroatoms. The zero-order chi connectivity index (χ0) is 16.4. The minimum Gasteiger partial charge on any atom is -0.317 e. The van der Waals surface area contributed by atoms with Crippen molar-refractivity contribution >= 4 is 44.9 Å². The van der Waals surface area contributed by atoms with Crippen LogP contribution in [-0.4, -0.2) is 27.2 Å². The summed E-state index contributed by atoms with van der Waals surface area (Å²) in [5.74, 6) is 1.98. The Balaban J connectivity index is 1.94. The van der Waals surface area contributed by atoms with Crippen molar-refractivity contribution in [2.45, 2.75) is 0 Å². The highest BCUT2D eigenvalue weighted by Gasteiger charge is 2.34. The Kier molecular flexibility index (Phi) is 4.42. The molecule has 1 aromatic heterocycles. The zero-order valence-electron chi connectivity index (χ0n) is 11.9. The number of thioether (sulfide) groups is 1. The predicted molar refractivity (Wildman–Crippen MR) is 95.0 cm³/mol. The molecule has 3 rings (SSSR count). The minimum atomic E-state index is -0.346. The van der Waals surface area contributed by atoms with Crippen molar-refractivity contribution in [2.24, 2.45) is 0 Å². The van der Waals surface area contributed by atoms with E-state index in [-0.39, 0.29) is 17.7 Å². The van der Waals surface area contributed by atoms with Crippen LogP contribution in [0.1, 0.15) is 5.69 Å². The number of carbonyl (C=O) groups excluding carboxylic acids is 2. The number of hydrogen-bond acceptors (Lipinski definition) is 3. The van der Waals surface area contributed by atoms with Gasteiger partial charge >= 0.3 is 0 Å². The van der Waals surface area contributed by atoms with Gasteiger partial charge in [-0.05, 0) is 54.2 Å². The zero-order valence-corrected chi connectivity index (χ0v) is 14.3. The average molecular weight is 387 g/mol. The van der Waals surface area contributed by atoms with Gasteiger partial charge in [-0.2, -0.15) is 0 Å². The van der Waals surface area contributed by atoms with Gasteiger partial charge in [0.15, 0.2) is 0 Å².